The van der Waals surface area contributed by atoms with Crippen LogP contribution in [0.15, 0.2) is 24.3 Å². The number of carbonyl (C=O) groups is 2. The summed E-state index contributed by atoms with van der Waals surface area (Å²) in [6.07, 6.45) is 58.6. The van der Waals surface area contributed by atoms with Gasteiger partial charge in [-0.15, -0.1) is 0 Å². The number of nitrogens with one attached hydrogen (secondary N) is 1. The fraction of sp³-hybridized carbons (Fsp3) is 0.889. The summed E-state index contributed by atoms with van der Waals surface area (Å²) in [5, 5.41) is 23.1. The lowest BCUT2D eigenvalue weighted by Gasteiger charge is -2.22. The van der Waals surface area contributed by atoms with Crippen molar-refractivity contribution in [2.24, 2.45) is 0 Å². The van der Waals surface area contributed by atoms with Crippen molar-refractivity contribution in [1.29, 1.82) is 0 Å². The Balaban J connectivity index is 3.42. The van der Waals surface area contributed by atoms with Crippen LogP contribution in [-0.2, 0) is 14.3 Å². The minimum absolute atomic E-state index is 0.00938. The van der Waals surface area contributed by atoms with Crippen molar-refractivity contribution in [2.45, 2.75) is 296 Å². The minimum Gasteiger partial charge on any atom is -0.466 e. The van der Waals surface area contributed by atoms with Crippen LogP contribution in [-0.4, -0.2) is 47.4 Å². The van der Waals surface area contributed by atoms with Gasteiger partial charge in [0.25, 0.3) is 0 Å². The third-order valence-corrected chi connectivity index (χ3v) is 12.3. The number of unbranched alkanes of at least 4 members (excludes halogenated alkanes) is 34. The Labute approximate surface area is 373 Å². The van der Waals surface area contributed by atoms with E-state index in [2.05, 4.69) is 43.5 Å². The molecule has 60 heavy (non-hydrogen) atoms. The second-order valence-corrected chi connectivity index (χ2v) is 18.2. The standard InChI is InChI=1S/C54H103NO5/c1-3-5-7-9-11-13-15-16-17-18-19-20-21-24-28-32-36-40-44-48-54(59)60-49-45-41-37-33-29-25-22-23-27-31-35-39-43-47-53(58)55-51(50-56)52(57)46-42-38-34-30-26-14-12-10-8-6-4-2/h11,13,16-17,51-52,56-57H,3-10,12,14-15,18-50H2,1-2H3,(H,55,58)/b13-11-,17-16-. The van der Waals surface area contributed by atoms with Crippen LogP contribution >= 0.6 is 0 Å². The second kappa shape index (κ2) is 50.0. The Hall–Kier alpha value is -1.66. The topological polar surface area (TPSA) is 95.9 Å². The molecule has 0 aromatic heterocycles. The Morgan fingerprint density at radius 1 is 0.467 bits per heavy atom. The van der Waals surface area contributed by atoms with Crippen LogP contribution in [0.25, 0.3) is 0 Å². The number of ether oxygens (including phenoxy) is 1. The third-order valence-electron chi connectivity index (χ3n) is 12.3. The molecular weight excluding hydrogens is 743 g/mol. The van der Waals surface area contributed by atoms with E-state index in [1.54, 1.807) is 0 Å². The van der Waals surface area contributed by atoms with E-state index in [0.29, 0.717) is 25.9 Å². The molecule has 0 rings (SSSR count). The van der Waals surface area contributed by atoms with Gasteiger partial charge in [-0.1, -0.05) is 237 Å². The van der Waals surface area contributed by atoms with Crippen molar-refractivity contribution >= 4 is 11.9 Å². The summed E-state index contributed by atoms with van der Waals surface area (Å²) in [4.78, 5) is 24.5. The van der Waals surface area contributed by atoms with Crippen LogP contribution in [0.3, 0.4) is 0 Å². The number of hydrogen-bond donors (Lipinski definition) is 3. The summed E-state index contributed by atoms with van der Waals surface area (Å²) >= 11 is 0. The lowest BCUT2D eigenvalue weighted by molar-refractivity contribution is -0.143. The van der Waals surface area contributed by atoms with E-state index >= 15 is 0 Å². The average Bonchev–Trinajstić information content (AvgIpc) is 3.25. The largest absolute Gasteiger partial charge is 0.466 e. The van der Waals surface area contributed by atoms with Crippen LogP contribution in [0.2, 0.25) is 0 Å². The summed E-state index contributed by atoms with van der Waals surface area (Å²) in [6, 6.07) is -0.550. The fourth-order valence-electron chi connectivity index (χ4n) is 8.14. The molecule has 0 heterocycles. The van der Waals surface area contributed by atoms with E-state index in [1.165, 1.54) is 193 Å². The van der Waals surface area contributed by atoms with Gasteiger partial charge in [0, 0.05) is 12.8 Å². The summed E-state index contributed by atoms with van der Waals surface area (Å²) < 4.78 is 5.48. The van der Waals surface area contributed by atoms with Gasteiger partial charge in [-0.2, -0.15) is 0 Å². The predicted molar refractivity (Wildman–Crippen MR) is 260 cm³/mol. The van der Waals surface area contributed by atoms with Gasteiger partial charge >= 0.3 is 5.97 Å². The molecular formula is C54H103NO5. The average molecular weight is 846 g/mol. The summed E-state index contributed by atoms with van der Waals surface area (Å²) in [5.74, 6) is -0.0584. The zero-order valence-corrected chi connectivity index (χ0v) is 40.2. The Morgan fingerprint density at radius 3 is 1.30 bits per heavy atom. The summed E-state index contributed by atoms with van der Waals surface area (Å²) in [6.45, 7) is 4.89. The zero-order valence-electron chi connectivity index (χ0n) is 40.2. The van der Waals surface area contributed by atoms with Crippen molar-refractivity contribution < 1.29 is 24.5 Å². The highest BCUT2D eigenvalue weighted by atomic mass is 16.5. The molecule has 2 atom stereocenters. The molecule has 0 bridgehead atoms. The van der Waals surface area contributed by atoms with Crippen molar-refractivity contribution in [3.05, 3.63) is 24.3 Å². The Morgan fingerprint density at radius 2 is 0.833 bits per heavy atom. The molecule has 6 nitrogen and oxygen atoms in total. The molecule has 0 aromatic rings. The number of allylic oxidation sites excluding steroid dienone is 4. The molecule has 0 aliphatic heterocycles. The van der Waals surface area contributed by atoms with E-state index in [4.69, 9.17) is 4.74 Å². The van der Waals surface area contributed by atoms with Gasteiger partial charge < -0.3 is 20.3 Å². The monoisotopic (exact) mass is 846 g/mol. The van der Waals surface area contributed by atoms with Gasteiger partial charge in [-0.3, -0.25) is 9.59 Å². The SMILES string of the molecule is CCCCC/C=C\C/C=C\CCCCCCCCCCCC(=O)OCCCCCCCCCCCCCCCC(=O)NC(CO)C(O)CCCCCCCCCCCCC. The normalized spacial score (nSPS) is 12.8. The molecule has 0 aliphatic rings. The Bertz CT molecular complexity index is 935. The zero-order chi connectivity index (χ0) is 43.7. The molecule has 354 valence electrons. The maximum atomic E-state index is 12.4. The highest BCUT2D eigenvalue weighted by Gasteiger charge is 2.20. The first-order valence-corrected chi connectivity index (χ1v) is 26.6. The molecule has 0 spiro atoms. The molecule has 0 radical (unpaired) electrons. The van der Waals surface area contributed by atoms with Crippen molar-refractivity contribution in [3.63, 3.8) is 0 Å². The fourth-order valence-corrected chi connectivity index (χ4v) is 8.14. The minimum atomic E-state index is -0.671. The van der Waals surface area contributed by atoms with Gasteiger partial charge in [0.05, 0.1) is 25.4 Å². The predicted octanol–water partition coefficient (Wildman–Crippen LogP) is 15.9. The van der Waals surface area contributed by atoms with E-state index in [-0.39, 0.29) is 18.5 Å². The summed E-state index contributed by atoms with van der Waals surface area (Å²) in [7, 11) is 0. The highest BCUT2D eigenvalue weighted by molar-refractivity contribution is 5.76. The van der Waals surface area contributed by atoms with Gasteiger partial charge in [-0.05, 0) is 57.8 Å². The van der Waals surface area contributed by atoms with Crippen LogP contribution in [0.5, 0.6) is 0 Å². The molecule has 0 saturated carbocycles. The van der Waals surface area contributed by atoms with Gasteiger partial charge in [0.1, 0.15) is 0 Å². The lowest BCUT2D eigenvalue weighted by Crippen LogP contribution is -2.45. The molecule has 2 unspecified atom stereocenters. The molecule has 0 aromatic carbocycles. The molecule has 6 heteroatoms. The second-order valence-electron chi connectivity index (χ2n) is 18.2. The number of aliphatic hydroxyl groups excluding tert-OH is 2. The number of hydrogen-bond acceptors (Lipinski definition) is 5. The van der Waals surface area contributed by atoms with Crippen LogP contribution in [0.4, 0.5) is 0 Å². The lowest BCUT2D eigenvalue weighted by atomic mass is 10.0. The molecule has 1 amide bonds. The Kier molecular flexibility index (Phi) is 48.6. The van der Waals surface area contributed by atoms with Gasteiger partial charge in [0.15, 0.2) is 0 Å². The van der Waals surface area contributed by atoms with Crippen molar-refractivity contribution in [1.82, 2.24) is 5.32 Å². The number of carbonyl (C=O) groups excluding carboxylic acids is 2. The van der Waals surface area contributed by atoms with Gasteiger partial charge in [0.2, 0.25) is 5.91 Å². The maximum absolute atomic E-state index is 12.4. The molecule has 3 N–H and O–H groups in total. The quantitative estimate of drug-likeness (QED) is 0.0322. The van der Waals surface area contributed by atoms with E-state index in [0.717, 1.165) is 57.8 Å². The molecule has 0 saturated heterocycles. The molecule has 0 fully saturated rings. The number of esters is 1. The van der Waals surface area contributed by atoms with E-state index < -0.39 is 12.1 Å². The van der Waals surface area contributed by atoms with E-state index in [9.17, 15) is 19.8 Å². The number of rotatable bonds is 49. The highest BCUT2D eigenvalue weighted by Crippen LogP contribution is 2.16. The van der Waals surface area contributed by atoms with E-state index in [1.807, 2.05) is 0 Å². The number of aliphatic hydroxyl groups is 2. The van der Waals surface area contributed by atoms with Crippen LogP contribution in [0, 0.1) is 0 Å². The number of amides is 1. The first-order valence-electron chi connectivity index (χ1n) is 26.6. The van der Waals surface area contributed by atoms with Crippen molar-refractivity contribution in [2.75, 3.05) is 13.2 Å². The first-order chi connectivity index (χ1) is 29.5. The van der Waals surface area contributed by atoms with Gasteiger partial charge in [-0.25, -0.2) is 0 Å². The summed E-state index contributed by atoms with van der Waals surface area (Å²) in [5.41, 5.74) is 0. The third kappa shape index (κ3) is 45.9. The molecule has 0 aliphatic carbocycles. The van der Waals surface area contributed by atoms with Crippen molar-refractivity contribution in [3.8, 4) is 0 Å². The maximum Gasteiger partial charge on any atom is 0.305 e. The first kappa shape index (κ1) is 58.3. The van der Waals surface area contributed by atoms with Crippen LogP contribution < -0.4 is 5.32 Å². The van der Waals surface area contributed by atoms with Crippen LogP contribution in [0.1, 0.15) is 284 Å². The smallest absolute Gasteiger partial charge is 0.305 e.